The number of aliphatic hydroxyl groups is 3. The van der Waals surface area contributed by atoms with Gasteiger partial charge in [0.15, 0.2) is 18.3 Å². The molecule has 3 aliphatic heterocycles. The third-order valence-corrected chi connectivity index (χ3v) is 25.5. The van der Waals surface area contributed by atoms with Crippen LogP contribution in [0.5, 0.6) is 5.75 Å². The summed E-state index contributed by atoms with van der Waals surface area (Å²) in [4.78, 5) is 52.5. The van der Waals surface area contributed by atoms with Crippen LogP contribution in [0, 0.1) is 11.8 Å². The Morgan fingerprint density at radius 2 is 0.925 bits per heavy atom. The zero-order chi connectivity index (χ0) is 74.1. The Labute approximate surface area is 659 Å². The number of carbonyl (C=O) groups excluding carboxylic acids is 4. The highest BCUT2D eigenvalue weighted by molar-refractivity contribution is 7.99. The van der Waals surface area contributed by atoms with Crippen LogP contribution in [0.1, 0.15) is 138 Å². The maximum atomic E-state index is 13.4. The zero-order valence-corrected chi connectivity index (χ0v) is 67.3. The van der Waals surface area contributed by atoms with Crippen molar-refractivity contribution in [2.75, 3.05) is 97.2 Å². The van der Waals surface area contributed by atoms with Gasteiger partial charge in [0.2, 0.25) is 16.8 Å². The molecule has 0 bridgehead atoms. The van der Waals surface area contributed by atoms with Gasteiger partial charge in [0, 0.05) is 71.7 Å². The Morgan fingerprint density at radius 1 is 0.519 bits per heavy atom. The normalized spacial score (nSPS) is 22.9. The van der Waals surface area contributed by atoms with Crippen LogP contribution in [0.2, 0.25) is 0 Å². The van der Waals surface area contributed by atoms with Crippen molar-refractivity contribution in [2.24, 2.45) is 11.8 Å². The summed E-state index contributed by atoms with van der Waals surface area (Å²) >= 11 is 6.53. The summed E-state index contributed by atoms with van der Waals surface area (Å²) in [6.45, 7) is 15.7. The molecule has 3 N–H and O–H groups in total. The van der Waals surface area contributed by atoms with Gasteiger partial charge in [-0.15, -0.1) is 46.2 Å². The number of furan rings is 2. The molecule has 12 rings (SSSR count). The molecule has 2 saturated carbocycles. The van der Waals surface area contributed by atoms with Gasteiger partial charge in [-0.25, -0.2) is 14.4 Å². The second-order valence-electron chi connectivity index (χ2n) is 28.4. The first-order valence-electron chi connectivity index (χ1n) is 36.9. The van der Waals surface area contributed by atoms with Gasteiger partial charge in [-0.1, -0.05) is 105 Å². The lowest BCUT2D eigenvalue weighted by Gasteiger charge is -2.36. The Hall–Kier alpha value is -5.49. The molecule has 5 fully saturated rings. The van der Waals surface area contributed by atoms with Gasteiger partial charge in [-0.3, -0.25) is 0 Å². The van der Waals surface area contributed by atoms with Gasteiger partial charge in [0.25, 0.3) is 0 Å². The number of halogens is 5. The predicted octanol–water partition coefficient (Wildman–Crippen LogP) is 8.35. The van der Waals surface area contributed by atoms with Crippen molar-refractivity contribution in [3.8, 4) is 5.75 Å². The molecule has 26 heteroatoms. The van der Waals surface area contributed by atoms with Gasteiger partial charge in [0.05, 0.1) is 88.3 Å². The molecule has 5 aliphatic rings. The minimum atomic E-state index is -5.19. The van der Waals surface area contributed by atoms with Gasteiger partial charge >= 0.3 is 24.1 Å². The van der Waals surface area contributed by atoms with E-state index in [-0.39, 0.29) is 64.1 Å². The number of carbonyl (C=O) groups is 4. The molecule has 3 unspecified atom stereocenters. The number of quaternary nitrogens is 3. The molecule has 582 valence electrons. The molecule has 4 aromatic heterocycles. The summed E-state index contributed by atoms with van der Waals surface area (Å²) in [6.07, 6.45) is 12.8. The van der Waals surface area contributed by atoms with Gasteiger partial charge in [-0.05, 0) is 123 Å². The number of alkyl halides is 3. The third kappa shape index (κ3) is 24.0. The van der Waals surface area contributed by atoms with E-state index in [4.69, 9.17) is 37.7 Å². The van der Waals surface area contributed by atoms with Crippen LogP contribution in [0.25, 0.3) is 0 Å². The number of thiophene rings is 2. The van der Waals surface area contributed by atoms with Gasteiger partial charge in [-0.2, -0.15) is 13.2 Å². The monoisotopic (exact) mass is 1670 g/mol. The number of hydrogen-bond acceptors (Lipinski definition) is 18. The van der Waals surface area contributed by atoms with Crippen LogP contribution < -0.4 is 43.8 Å². The van der Waals surface area contributed by atoms with E-state index in [0.29, 0.717) is 27.9 Å². The molecule has 0 amide bonds. The summed E-state index contributed by atoms with van der Waals surface area (Å²) in [5.41, 5.74) is -5.10. The Balaban J connectivity index is 0.000000210. The van der Waals surface area contributed by atoms with E-state index in [0.717, 1.165) is 205 Å². The van der Waals surface area contributed by atoms with Crippen molar-refractivity contribution < 1.29 is 128 Å². The quantitative estimate of drug-likeness (QED) is 0.0132. The number of aliphatic carboxylic acids is 1. The van der Waals surface area contributed by atoms with Gasteiger partial charge in [0.1, 0.15) is 42.9 Å². The highest BCUT2D eigenvalue weighted by atomic mass is 79.9. The summed E-state index contributed by atoms with van der Waals surface area (Å²) in [5, 5.41) is 47.1. The summed E-state index contributed by atoms with van der Waals surface area (Å²) in [6, 6.07) is 45.0. The van der Waals surface area contributed by atoms with E-state index >= 15 is 0 Å². The minimum Gasteiger partial charge on any atom is -1.00 e. The van der Waals surface area contributed by atoms with Crippen molar-refractivity contribution in [3.63, 3.8) is 0 Å². The number of likely N-dealkylation sites (tertiary alicyclic amines) is 3. The molecule has 0 spiro atoms. The number of likely N-dealkylation sites (N-methyl/N-ethyl adjacent to an activating group) is 3. The fourth-order valence-electron chi connectivity index (χ4n) is 15.3. The van der Waals surface area contributed by atoms with E-state index in [1.54, 1.807) is 36.4 Å². The maximum absolute atomic E-state index is 13.4. The minimum absolute atomic E-state index is 0. The van der Waals surface area contributed by atoms with Crippen molar-refractivity contribution in [2.45, 2.75) is 168 Å². The number of carboxylic acid groups (broad SMARTS) is 1. The van der Waals surface area contributed by atoms with Gasteiger partial charge < -0.3 is 100 Å². The number of benzene rings is 3. The largest absolute Gasteiger partial charge is 1.00 e. The fourth-order valence-corrected chi connectivity index (χ4v) is 18.8. The molecule has 106 heavy (non-hydrogen) atoms. The van der Waals surface area contributed by atoms with Crippen LogP contribution in [-0.2, 0) is 50.2 Å². The van der Waals surface area contributed by atoms with Crippen molar-refractivity contribution in [1.29, 1.82) is 0 Å². The van der Waals surface area contributed by atoms with Crippen LogP contribution >= 0.6 is 46.2 Å². The lowest BCUT2D eigenvalue weighted by molar-refractivity contribution is -0.916. The SMILES string of the molecule is CC[N+]1(CCCSc2ccccc2)CC[C@@H](OC(=O)[C@](O)(c2ccco2)C2CCCCC2)C1.CC[N+]1(CCCSc2ccccc2)CC[C@H](OC(=O)[C@](O)(c2ccco2)C2CCCCC2)C1.C[N+]1(CCCOc2ccccc2)CC[C@H](OC(=O)C(O)(c2cccs2)c2cccs2)C1.O=C([O-])C(F)(F)F.[Br-].[Br-]. The van der Waals surface area contributed by atoms with Crippen LogP contribution in [0.15, 0.2) is 181 Å². The topological polar surface area (TPSA) is 215 Å². The first kappa shape index (κ1) is 87.7. The lowest BCUT2D eigenvalue weighted by Crippen LogP contribution is -3.00. The molecule has 17 nitrogen and oxygen atoms in total. The first-order chi connectivity index (χ1) is 50.0. The second-order valence-corrected chi connectivity index (χ2v) is 32.7. The number of hydrogen-bond donors (Lipinski definition) is 3. The Bertz CT molecular complexity index is 3480. The molecule has 7 aromatic rings. The standard InChI is InChI=1S/2C27H38NO4S.C24H28NO4S2.C2HF3O2.2BrH/c2*1-2-28(17-10-20-33-24-13-7-4-8-14-24)18-16-23(21-28)32-26(29)27(30,25-15-9-19-31-25)22-11-5-3-6-12-22;1-25(13-7-15-28-19-8-3-2-4-9-19)14-12-20(18-25)29-23(26)24(27,21-10-5-16-30-21)22-11-6-17-31-22;3-2(4,5)1(6)7;;/h2*4,7-9,13-15,19,22-23,30H,2-3,5-6,10-12,16-18,20-21H2,1H3;2-6,8-11,16-17,20,27H,7,12-15,18H2,1H3;(H,6,7);2*1H/q3*+1;;;/p-3/t23-,27+,28?;23-,27-,28?;20-,25?;;;/m010.../s1. The number of ether oxygens (including phenoxy) is 4. The van der Waals surface area contributed by atoms with E-state index in [1.165, 1.54) is 45.0 Å². The first-order valence-corrected chi connectivity index (χ1v) is 40.6. The van der Waals surface area contributed by atoms with Crippen molar-refractivity contribution >= 4 is 70.1 Å². The Kier molecular flexibility index (Phi) is 34.8. The summed E-state index contributed by atoms with van der Waals surface area (Å²) in [5.74, 6) is -1.20. The lowest BCUT2D eigenvalue weighted by atomic mass is 9.75. The maximum Gasteiger partial charge on any atom is 0.430 e. The average molecular weight is 1680 g/mol. The zero-order valence-electron chi connectivity index (χ0n) is 60.9. The number of esters is 3. The number of carboxylic acids is 1. The van der Waals surface area contributed by atoms with Crippen LogP contribution in [0.4, 0.5) is 13.2 Å². The molecule has 3 saturated heterocycles. The fraction of sp³-hybridized carbons (Fsp3) is 0.525. The highest BCUT2D eigenvalue weighted by Gasteiger charge is 2.54. The smallest absolute Gasteiger partial charge is 0.430 e. The molecule has 8 atom stereocenters. The number of nitrogens with zero attached hydrogens (tertiary/aromatic N) is 3. The molecule has 0 radical (unpaired) electrons. The molecule has 3 aromatic carbocycles. The number of thioether (sulfide) groups is 2. The van der Waals surface area contributed by atoms with E-state index in [2.05, 4.69) is 69.4 Å². The number of rotatable bonds is 29. The average Bonchev–Trinajstić information content (AvgIpc) is 1.36. The predicted molar refractivity (Wildman–Crippen MR) is 396 cm³/mol. The Morgan fingerprint density at radius 3 is 1.31 bits per heavy atom. The second kappa shape index (κ2) is 42.1. The third-order valence-electron chi connectivity index (χ3n) is 21.4. The van der Waals surface area contributed by atoms with E-state index in [9.17, 15) is 42.9 Å². The van der Waals surface area contributed by atoms with Crippen LogP contribution in [0.3, 0.4) is 0 Å². The van der Waals surface area contributed by atoms with Crippen molar-refractivity contribution in [1.82, 2.24) is 0 Å². The van der Waals surface area contributed by atoms with Crippen LogP contribution in [-0.4, -0.2) is 174 Å². The van der Waals surface area contributed by atoms with E-state index in [1.807, 2.05) is 88.9 Å². The van der Waals surface area contributed by atoms with E-state index < -0.39 is 46.9 Å². The molecule has 2 aliphatic carbocycles. The summed E-state index contributed by atoms with van der Waals surface area (Å²) < 4.78 is 69.2. The van der Waals surface area contributed by atoms with Crippen molar-refractivity contribution in [3.05, 3.63) is 184 Å². The molecular formula is C80H104Br2F3N3O14S4. The molecule has 7 heterocycles. The highest BCUT2D eigenvalue weighted by Crippen LogP contribution is 2.44. The number of para-hydroxylation sites is 1. The summed E-state index contributed by atoms with van der Waals surface area (Å²) in [7, 11) is 2.20. The molecular weight excluding hydrogens is 1570 g/mol.